The number of amides is 2. The second-order valence-corrected chi connectivity index (χ2v) is 9.32. The number of aryl methyl sites for hydroxylation is 1. The van der Waals surface area contributed by atoms with Gasteiger partial charge in [0.2, 0.25) is 5.91 Å². The molecule has 2 fully saturated rings. The van der Waals surface area contributed by atoms with E-state index >= 15 is 0 Å². The van der Waals surface area contributed by atoms with Crippen LogP contribution in [0.25, 0.3) is 5.69 Å². The fraction of sp³-hybridized carbons (Fsp3) is 0.370. The van der Waals surface area contributed by atoms with Crippen molar-refractivity contribution < 1.29 is 9.59 Å². The largest absolute Gasteiger partial charge is 0.337 e. The first-order valence-electron chi connectivity index (χ1n) is 12.1. The second-order valence-electron chi connectivity index (χ2n) is 9.32. The van der Waals surface area contributed by atoms with Gasteiger partial charge in [0.15, 0.2) is 0 Å². The van der Waals surface area contributed by atoms with Gasteiger partial charge >= 0.3 is 0 Å². The molecule has 5 rings (SSSR count). The molecule has 0 spiro atoms. The van der Waals surface area contributed by atoms with Crippen LogP contribution in [0.2, 0.25) is 0 Å². The number of para-hydroxylation sites is 1. The predicted molar refractivity (Wildman–Crippen MR) is 132 cm³/mol. The predicted octanol–water partition coefficient (Wildman–Crippen LogP) is 3.84. The first kappa shape index (κ1) is 22.3. The summed E-state index contributed by atoms with van der Waals surface area (Å²) in [6, 6.07) is 19.6. The zero-order chi connectivity index (χ0) is 23.5. The number of hydrogen-bond acceptors (Lipinski definition) is 4. The third-order valence-electron chi connectivity index (χ3n) is 6.50. The van der Waals surface area contributed by atoms with Crippen LogP contribution < -0.4 is 5.32 Å². The van der Waals surface area contributed by atoms with Crippen molar-refractivity contribution in [2.75, 3.05) is 38.0 Å². The molecule has 34 heavy (non-hydrogen) atoms. The van der Waals surface area contributed by atoms with Gasteiger partial charge in [0.25, 0.3) is 5.91 Å². The highest BCUT2D eigenvalue weighted by Gasteiger charge is 2.28. The van der Waals surface area contributed by atoms with E-state index in [0.717, 1.165) is 48.3 Å². The normalized spacial score (nSPS) is 16.8. The number of rotatable bonds is 6. The maximum atomic E-state index is 13.0. The summed E-state index contributed by atoms with van der Waals surface area (Å²) in [5, 5.41) is 7.85. The Hall–Kier alpha value is -3.45. The Morgan fingerprint density at radius 2 is 1.79 bits per heavy atom. The average molecular weight is 458 g/mol. The minimum Gasteiger partial charge on any atom is -0.337 e. The topological polar surface area (TPSA) is 70.5 Å². The van der Waals surface area contributed by atoms with Gasteiger partial charge in [-0.3, -0.25) is 14.5 Å². The Morgan fingerprint density at radius 3 is 2.56 bits per heavy atom. The molecular weight excluding hydrogens is 426 g/mol. The number of anilines is 1. The Balaban J connectivity index is 1.21. The van der Waals surface area contributed by atoms with E-state index in [9.17, 15) is 9.59 Å². The van der Waals surface area contributed by atoms with Gasteiger partial charge < -0.3 is 10.2 Å². The molecule has 1 N–H and O–H groups in total. The van der Waals surface area contributed by atoms with Crippen LogP contribution in [-0.4, -0.2) is 64.1 Å². The summed E-state index contributed by atoms with van der Waals surface area (Å²) in [4.78, 5) is 29.9. The zero-order valence-corrected chi connectivity index (χ0v) is 19.6. The van der Waals surface area contributed by atoms with Crippen molar-refractivity contribution in [1.29, 1.82) is 0 Å². The Morgan fingerprint density at radius 1 is 0.971 bits per heavy atom. The molecule has 176 valence electrons. The van der Waals surface area contributed by atoms with E-state index in [1.54, 1.807) is 0 Å². The van der Waals surface area contributed by atoms with E-state index in [1.807, 2.05) is 77.2 Å². The van der Waals surface area contributed by atoms with Crippen LogP contribution in [0.3, 0.4) is 0 Å². The zero-order valence-electron chi connectivity index (χ0n) is 19.6. The minimum atomic E-state index is -0.0575. The highest BCUT2D eigenvalue weighted by Crippen LogP contribution is 2.40. The number of benzene rings is 2. The Bertz CT molecular complexity index is 1170. The van der Waals surface area contributed by atoms with Crippen LogP contribution >= 0.6 is 0 Å². The molecule has 0 atom stereocenters. The van der Waals surface area contributed by atoms with Crippen LogP contribution in [0.4, 0.5) is 5.82 Å². The highest BCUT2D eigenvalue weighted by atomic mass is 16.2. The molecule has 2 amide bonds. The van der Waals surface area contributed by atoms with E-state index in [2.05, 4.69) is 10.2 Å². The fourth-order valence-electron chi connectivity index (χ4n) is 4.51. The van der Waals surface area contributed by atoms with Crippen LogP contribution in [0.5, 0.6) is 0 Å². The third kappa shape index (κ3) is 5.20. The summed E-state index contributed by atoms with van der Waals surface area (Å²) in [6.07, 6.45) is 3.16. The molecule has 3 aromatic rings. The summed E-state index contributed by atoms with van der Waals surface area (Å²) in [6.45, 7) is 5.08. The lowest BCUT2D eigenvalue weighted by atomic mass is 10.1. The molecule has 7 nitrogen and oxygen atoms in total. The summed E-state index contributed by atoms with van der Waals surface area (Å²) < 4.78 is 1.83. The molecule has 0 radical (unpaired) electrons. The second kappa shape index (κ2) is 9.81. The van der Waals surface area contributed by atoms with Crippen molar-refractivity contribution in [2.45, 2.75) is 32.1 Å². The van der Waals surface area contributed by atoms with Crippen molar-refractivity contribution in [3.8, 4) is 5.69 Å². The lowest BCUT2D eigenvalue weighted by molar-refractivity contribution is -0.117. The molecule has 1 saturated carbocycles. The van der Waals surface area contributed by atoms with E-state index in [4.69, 9.17) is 5.10 Å². The molecule has 1 aliphatic heterocycles. The van der Waals surface area contributed by atoms with Crippen molar-refractivity contribution in [3.63, 3.8) is 0 Å². The number of nitrogens with zero attached hydrogens (tertiary/aromatic N) is 4. The molecule has 7 heteroatoms. The molecular formula is C27H31N5O2. The maximum absolute atomic E-state index is 13.0. The molecule has 2 heterocycles. The smallest absolute Gasteiger partial charge is 0.253 e. The van der Waals surface area contributed by atoms with Gasteiger partial charge in [-0.2, -0.15) is 5.10 Å². The van der Waals surface area contributed by atoms with Crippen molar-refractivity contribution in [3.05, 3.63) is 77.5 Å². The summed E-state index contributed by atoms with van der Waals surface area (Å²) in [7, 11) is 0. The molecule has 0 bridgehead atoms. The van der Waals surface area contributed by atoms with E-state index in [0.29, 0.717) is 37.9 Å². The molecule has 1 aromatic heterocycles. The molecule has 2 aromatic carbocycles. The molecule has 1 aliphatic carbocycles. The van der Waals surface area contributed by atoms with Gasteiger partial charge in [0, 0.05) is 43.7 Å². The molecule has 0 unspecified atom stereocenters. The maximum Gasteiger partial charge on any atom is 0.253 e. The lowest BCUT2D eigenvalue weighted by Gasteiger charge is -2.22. The minimum absolute atomic E-state index is 0.0575. The van der Waals surface area contributed by atoms with Crippen molar-refractivity contribution in [2.24, 2.45) is 0 Å². The number of nitrogens with one attached hydrogen (secondary N) is 1. The first-order chi connectivity index (χ1) is 16.6. The van der Waals surface area contributed by atoms with Crippen LogP contribution in [-0.2, 0) is 4.79 Å². The van der Waals surface area contributed by atoms with Gasteiger partial charge in [-0.05, 0) is 50.5 Å². The van der Waals surface area contributed by atoms with E-state index in [1.165, 1.54) is 0 Å². The standard InChI is InChI=1S/C27H31N5O2/c1-20-7-5-8-22(17-20)27(34)31-14-6-13-30(15-16-31)19-26(33)28-25-18-24(21-11-12-21)29-32(25)23-9-3-2-4-10-23/h2-5,7-10,17-18,21H,6,11-16,19H2,1H3,(H,28,33). The van der Waals surface area contributed by atoms with E-state index in [-0.39, 0.29) is 11.8 Å². The van der Waals surface area contributed by atoms with Gasteiger partial charge in [0.05, 0.1) is 17.9 Å². The SMILES string of the molecule is Cc1cccc(C(=O)N2CCCN(CC(=O)Nc3cc(C4CC4)nn3-c3ccccc3)CC2)c1. The summed E-state index contributed by atoms with van der Waals surface area (Å²) in [5.41, 5.74) is 3.79. The Kier molecular flexibility index (Phi) is 6.45. The first-order valence-corrected chi connectivity index (χ1v) is 12.1. The van der Waals surface area contributed by atoms with E-state index < -0.39 is 0 Å². The average Bonchev–Trinajstić information content (AvgIpc) is 3.64. The van der Waals surface area contributed by atoms with Crippen molar-refractivity contribution in [1.82, 2.24) is 19.6 Å². The van der Waals surface area contributed by atoms with Gasteiger partial charge in [0.1, 0.15) is 5.82 Å². The lowest BCUT2D eigenvalue weighted by Crippen LogP contribution is -2.38. The fourth-order valence-corrected chi connectivity index (χ4v) is 4.51. The summed E-state index contributed by atoms with van der Waals surface area (Å²) in [5.74, 6) is 1.22. The van der Waals surface area contributed by atoms with Crippen molar-refractivity contribution >= 4 is 17.6 Å². The number of carbonyl (C=O) groups excluding carboxylic acids is 2. The Labute approximate surface area is 200 Å². The summed E-state index contributed by atoms with van der Waals surface area (Å²) >= 11 is 0. The molecule has 2 aliphatic rings. The van der Waals surface area contributed by atoms with Crippen LogP contribution in [0, 0.1) is 6.92 Å². The number of hydrogen-bond donors (Lipinski definition) is 1. The van der Waals surface area contributed by atoms with Gasteiger partial charge in [-0.1, -0.05) is 35.9 Å². The van der Waals surface area contributed by atoms with Crippen LogP contribution in [0.1, 0.15) is 46.8 Å². The van der Waals surface area contributed by atoms with Gasteiger partial charge in [-0.25, -0.2) is 4.68 Å². The monoisotopic (exact) mass is 457 g/mol. The number of carbonyl (C=O) groups is 2. The third-order valence-corrected chi connectivity index (χ3v) is 6.50. The molecule has 1 saturated heterocycles. The van der Waals surface area contributed by atoms with Crippen LogP contribution in [0.15, 0.2) is 60.7 Å². The quantitative estimate of drug-likeness (QED) is 0.611. The number of aromatic nitrogens is 2. The van der Waals surface area contributed by atoms with Gasteiger partial charge in [-0.15, -0.1) is 0 Å². The highest BCUT2D eigenvalue weighted by molar-refractivity contribution is 5.94.